The van der Waals surface area contributed by atoms with E-state index in [0.717, 1.165) is 0 Å². The average molecular weight is 615 g/mol. The molecule has 12 heteroatoms. The molecular weight excluding hydrogens is 576 g/mol. The summed E-state index contributed by atoms with van der Waals surface area (Å²) in [5.74, 6) is -1.02. The fourth-order valence-electron chi connectivity index (χ4n) is 4.36. The molecule has 3 N–H and O–H groups in total. The molecule has 0 saturated heterocycles. The molecular formula is C33H38N6O6. The largest absolute Gasteiger partial charge is 0.443 e. The van der Waals surface area contributed by atoms with Gasteiger partial charge in [-0.1, -0.05) is 44.2 Å². The lowest BCUT2D eigenvalue weighted by atomic mass is 9.88. The van der Waals surface area contributed by atoms with Crippen molar-refractivity contribution in [2.45, 2.75) is 46.4 Å². The minimum atomic E-state index is -1.44. The van der Waals surface area contributed by atoms with Crippen molar-refractivity contribution in [3.05, 3.63) is 84.2 Å². The first kappa shape index (κ1) is 32.8. The highest BCUT2D eigenvalue weighted by Crippen LogP contribution is 2.29. The standard InChI is InChI=1S/C33H38N6O6/c1-32(2,3)45-31(44)38(6)22-13-11-12-21(18-22)35-30(43)37-28-29(42)39(19-26(41)33(4,5)20-40)25-16-8-7-14-23(25)27(36-28)24-15-9-10-17-34-24/h7-18,28,40H,19-20H2,1-6H3,(H2,35,37,43). The molecule has 0 spiro atoms. The number of benzene rings is 2. The third-order valence-corrected chi connectivity index (χ3v) is 6.99. The maximum Gasteiger partial charge on any atom is 0.414 e. The molecule has 3 aromatic rings. The lowest BCUT2D eigenvalue weighted by Crippen LogP contribution is -2.51. The van der Waals surface area contributed by atoms with Crippen LogP contribution >= 0.6 is 0 Å². The van der Waals surface area contributed by atoms with Crippen molar-refractivity contribution in [1.29, 1.82) is 0 Å². The number of carbonyl (C=O) groups is 4. The molecule has 1 unspecified atom stereocenters. The number of nitrogens with zero attached hydrogens (tertiary/aromatic N) is 4. The van der Waals surface area contributed by atoms with Crippen LogP contribution in [0.3, 0.4) is 0 Å². The molecule has 0 fully saturated rings. The zero-order valence-corrected chi connectivity index (χ0v) is 26.2. The van der Waals surface area contributed by atoms with Crippen LogP contribution in [0.25, 0.3) is 0 Å². The number of pyridine rings is 1. The van der Waals surface area contributed by atoms with Gasteiger partial charge in [0.2, 0.25) is 6.17 Å². The van der Waals surface area contributed by atoms with Crippen molar-refractivity contribution < 1.29 is 29.0 Å². The zero-order valence-electron chi connectivity index (χ0n) is 26.2. The van der Waals surface area contributed by atoms with Gasteiger partial charge in [0.25, 0.3) is 5.91 Å². The fourth-order valence-corrected chi connectivity index (χ4v) is 4.36. The molecule has 0 aliphatic carbocycles. The average Bonchev–Trinajstić information content (AvgIpc) is 3.11. The molecule has 12 nitrogen and oxygen atoms in total. The minimum Gasteiger partial charge on any atom is -0.443 e. The van der Waals surface area contributed by atoms with E-state index < -0.39 is 41.8 Å². The van der Waals surface area contributed by atoms with Crippen LogP contribution in [0.2, 0.25) is 0 Å². The number of hydrogen-bond donors (Lipinski definition) is 3. The van der Waals surface area contributed by atoms with Crippen LogP contribution in [0.4, 0.5) is 26.7 Å². The molecule has 2 aromatic carbocycles. The number of hydrogen-bond acceptors (Lipinski definition) is 8. The number of benzodiazepines with no additional fused rings is 1. The molecule has 1 atom stereocenters. The Balaban J connectivity index is 1.66. The Morgan fingerprint density at radius 3 is 2.38 bits per heavy atom. The topological polar surface area (TPSA) is 154 Å². The van der Waals surface area contributed by atoms with Gasteiger partial charge in [0.15, 0.2) is 5.78 Å². The third kappa shape index (κ3) is 7.90. The van der Waals surface area contributed by atoms with Gasteiger partial charge in [-0.3, -0.25) is 19.5 Å². The highest BCUT2D eigenvalue weighted by atomic mass is 16.6. The number of aliphatic hydroxyl groups excluding tert-OH is 1. The Morgan fingerprint density at radius 1 is 1.00 bits per heavy atom. The van der Waals surface area contributed by atoms with E-state index >= 15 is 0 Å². The number of para-hydroxylation sites is 1. The molecule has 0 saturated carbocycles. The van der Waals surface area contributed by atoms with Crippen LogP contribution in [0.15, 0.2) is 77.9 Å². The number of amides is 4. The molecule has 45 heavy (non-hydrogen) atoms. The number of ether oxygens (including phenoxy) is 1. The van der Waals surface area contributed by atoms with Crippen molar-refractivity contribution in [2.75, 3.05) is 35.3 Å². The van der Waals surface area contributed by atoms with Gasteiger partial charge in [-0.2, -0.15) is 0 Å². The highest BCUT2D eigenvalue weighted by Gasteiger charge is 2.37. The summed E-state index contributed by atoms with van der Waals surface area (Å²) >= 11 is 0. The van der Waals surface area contributed by atoms with E-state index in [9.17, 15) is 24.3 Å². The number of aliphatic hydroxyl groups is 1. The van der Waals surface area contributed by atoms with Gasteiger partial charge in [-0.25, -0.2) is 14.6 Å². The second kappa shape index (κ2) is 13.3. The van der Waals surface area contributed by atoms with E-state index in [4.69, 9.17) is 4.74 Å². The van der Waals surface area contributed by atoms with Gasteiger partial charge in [0.1, 0.15) is 5.60 Å². The van der Waals surface area contributed by atoms with Crippen LogP contribution in [-0.4, -0.2) is 71.6 Å². The quantitative estimate of drug-likeness (QED) is 0.341. The number of nitrogens with one attached hydrogen (secondary N) is 2. The van der Waals surface area contributed by atoms with Crippen molar-refractivity contribution in [3.63, 3.8) is 0 Å². The molecule has 4 amide bonds. The smallest absolute Gasteiger partial charge is 0.414 e. The number of fused-ring (bicyclic) bond motifs is 1. The van der Waals surface area contributed by atoms with Crippen LogP contribution in [0.5, 0.6) is 0 Å². The van der Waals surface area contributed by atoms with Gasteiger partial charge in [-0.05, 0) is 57.2 Å². The SMILES string of the molecule is CN(C(=O)OC(C)(C)C)c1cccc(NC(=O)NC2N=C(c3ccccn3)c3ccccc3N(CC(=O)C(C)(C)CO)C2=O)c1. The Morgan fingerprint density at radius 2 is 1.71 bits per heavy atom. The summed E-state index contributed by atoms with van der Waals surface area (Å²) in [6.45, 7) is 7.72. The van der Waals surface area contributed by atoms with Crippen molar-refractivity contribution in [3.8, 4) is 0 Å². The number of urea groups is 1. The lowest BCUT2D eigenvalue weighted by Gasteiger charge is -2.28. The van der Waals surface area contributed by atoms with E-state index in [1.54, 1.807) is 115 Å². The van der Waals surface area contributed by atoms with E-state index in [2.05, 4.69) is 20.6 Å². The minimum absolute atomic E-state index is 0.343. The maximum atomic E-state index is 14.0. The number of Topliss-reactive ketones (excluding diaryl/α,β-unsaturated/α-hetero) is 1. The fraction of sp³-hybridized carbons (Fsp3) is 0.333. The summed E-state index contributed by atoms with van der Waals surface area (Å²) in [6.07, 6.45) is -0.413. The predicted octanol–water partition coefficient (Wildman–Crippen LogP) is 4.37. The van der Waals surface area contributed by atoms with Gasteiger partial charge in [-0.15, -0.1) is 0 Å². The Hall–Kier alpha value is -5.10. The molecule has 1 aromatic heterocycles. The Labute approximate surface area is 262 Å². The summed E-state index contributed by atoms with van der Waals surface area (Å²) in [4.78, 5) is 64.8. The van der Waals surface area contributed by atoms with Crippen LogP contribution in [0.1, 0.15) is 45.9 Å². The summed E-state index contributed by atoms with van der Waals surface area (Å²) in [5, 5.41) is 15.1. The van der Waals surface area contributed by atoms with Crippen molar-refractivity contribution in [1.82, 2.24) is 10.3 Å². The summed E-state index contributed by atoms with van der Waals surface area (Å²) < 4.78 is 5.43. The molecule has 1 aliphatic heterocycles. The summed E-state index contributed by atoms with van der Waals surface area (Å²) in [5.41, 5.74) is 0.786. The summed E-state index contributed by atoms with van der Waals surface area (Å²) in [6, 6.07) is 18.0. The number of aromatic nitrogens is 1. The van der Waals surface area contributed by atoms with Crippen LogP contribution in [-0.2, 0) is 14.3 Å². The first-order valence-corrected chi connectivity index (χ1v) is 14.4. The molecule has 0 radical (unpaired) electrons. The van der Waals surface area contributed by atoms with Gasteiger partial charge in [0, 0.05) is 35.6 Å². The molecule has 0 bridgehead atoms. The number of rotatable bonds is 8. The third-order valence-electron chi connectivity index (χ3n) is 6.99. The number of aliphatic imine (C=N–C) groups is 1. The first-order chi connectivity index (χ1) is 21.2. The number of carbonyl (C=O) groups excluding carboxylic acids is 4. The zero-order chi connectivity index (χ0) is 32.9. The van der Waals surface area contributed by atoms with E-state index in [0.29, 0.717) is 34.0 Å². The molecule has 1 aliphatic rings. The molecule has 236 valence electrons. The second-order valence-electron chi connectivity index (χ2n) is 12.2. The van der Waals surface area contributed by atoms with Crippen LogP contribution in [0, 0.1) is 5.41 Å². The van der Waals surface area contributed by atoms with Gasteiger partial charge in [0.05, 0.1) is 30.2 Å². The highest BCUT2D eigenvalue weighted by molar-refractivity contribution is 6.20. The van der Waals surface area contributed by atoms with E-state index in [1.165, 1.54) is 9.80 Å². The number of anilines is 3. The van der Waals surface area contributed by atoms with E-state index in [1.807, 2.05) is 0 Å². The van der Waals surface area contributed by atoms with Crippen molar-refractivity contribution in [2.24, 2.45) is 10.4 Å². The normalized spacial score (nSPS) is 14.9. The van der Waals surface area contributed by atoms with Crippen molar-refractivity contribution >= 4 is 46.6 Å². The van der Waals surface area contributed by atoms with Gasteiger partial charge >= 0.3 is 12.1 Å². The maximum absolute atomic E-state index is 14.0. The number of ketones is 1. The Kier molecular flexibility index (Phi) is 9.67. The van der Waals surface area contributed by atoms with E-state index in [-0.39, 0.29) is 12.3 Å². The van der Waals surface area contributed by atoms with Gasteiger partial charge < -0.3 is 25.4 Å². The van der Waals surface area contributed by atoms with Crippen LogP contribution < -0.4 is 20.4 Å². The molecule has 4 rings (SSSR count). The monoisotopic (exact) mass is 614 g/mol. The first-order valence-electron chi connectivity index (χ1n) is 14.4. The molecule has 2 heterocycles. The second-order valence-corrected chi connectivity index (χ2v) is 12.2. The lowest BCUT2D eigenvalue weighted by molar-refractivity contribution is -0.129. The Bertz CT molecular complexity index is 1620. The summed E-state index contributed by atoms with van der Waals surface area (Å²) in [7, 11) is 1.55. The predicted molar refractivity (Wildman–Crippen MR) is 172 cm³/mol.